The molecule has 0 atom stereocenters. The van der Waals surface area contributed by atoms with E-state index in [-0.39, 0.29) is 0 Å². The van der Waals surface area contributed by atoms with Gasteiger partial charge >= 0.3 is 0 Å². The summed E-state index contributed by atoms with van der Waals surface area (Å²) in [6.07, 6.45) is 4.65. The van der Waals surface area contributed by atoms with Gasteiger partial charge in [-0.15, -0.1) is 0 Å². The first-order chi connectivity index (χ1) is 10.3. The summed E-state index contributed by atoms with van der Waals surface area (Å²) in [5, 5.41) is 15.8. The second-order valence-electron chi connectivity index (χ2n) is 4.98. The van der Waals surface area contributed by atoms with Crippen LogP contribution in [0.1, 0.15) is 23.1 Å². The topological polar surface area (TPSA) is 60.7 Å². The van der Waals surface area contributed by atoms with Gasteiger partial charge < -0.3 is 10.6 Å². The molecule has 1 aromatic carbocycles. The molecule has 0 saturated heterocycles. The fourth-order valence-corrected chi connectivity index (χ4v) is 2.08. The first-order valence-corrected chi connectivity index (χ1v) is 7.14. The zero-order valence-electron chi connectivity index (χ0n) is 12.3. The first kappa shape index (κ1) is 15.0. The normalized spacial score (nSPS) is 10.1. The van der Waals surface area contributed by atoms with E-state index in [4.69, 9.17) is 5.26 Å². The first-order valence-electron chi connectivity index (χ1n) is 7.14. The standard InChI is InChI=1S/C17H20N4/c1-14-5-6-17(16(10-14)11-18)21-9-3-8-20-13-15-4-2-7-19-12-15/h2,4-7,10,12,20-21H,3,8-9,13H2,1H3. The monoisotopic (exact) mass is 280 g/mol. The Morgan fingerprint density at radius 2 is 2.14 bits per heavy atom. The van der Waals surface area contributed by atoms with Crippen LogP contribution < -0.4 is 10.6 Å². The Morgan fingerprint density at radius 1 is 1.24 bits per heavy atom. The minimum Gasteiger partial charge on any atom is -0.384 e. The van der Waals surface area contributed by atoms with Crippen LogP contribution in [0, 0.1) is 18.3 Å². The smallest absolute Gasteiger partial charge is 0.101 e. The van der Waals surface area contributed by atoms with Crippen molar-refractivity contribution in [2.75, 3.05) is 18.4 Å². The van der Waals surface area contributed by atoms with Gasteiger partial charge in [0, 0.05) is 25.5 Å². The summed E-state index contributed by atoms with van der Waals surface area (Å²) in [6, 6.07) is 12.1. The van der Waals surface area contributed by atoms with E-state index < -0.39 is 0 Å². The van der Waals surface area contributed by atoms with Crippen molar-refractivity contribution in [3.05, 3.63) is 59.4 Å². The molecule has 21 heavy (non-hydrogen) atoms. The molecule has 108 valence electrons. The molecule has 4 nitrogen and oxygen atoms in total. The van der Waals surface area contributed by atoms with Gasteiger partial charge in [0.15, 0.2) is 0 Å². The molecule has 0 aliphatic heterocycles. The summed E-state index contributed by atoms with van der Waals surface area (Å²) in [4.78, 5) is 4.08. The van der Waals surface area contributed by atoms with Crippen LogP contribution in [0.3, 0.4) is 0 Å². The van der Waals surface area contributed by atoms with Crippen molar-refractivity contribution in [2.45, 2.75) is 19.9 Å². The van der Waals surface area contributed by atoms with Crippen LogP contribution in [-0.4, -0.2) is 18.1 Å². The van der Waals surface area contributed by atoms with E-state index in [1.54, 1.807) is 6.20 Å². The van der Waals surface area contributed by atoms with Crippen LogP contribution in [0.4, 0.5) is 5.69 Å². The molecule has 1 heterocycles. The van der Waals surface area contributed by atoms with E-state index in [1.807, 2.05) is 37.4 Å². The van der Waals surface area contributed by atoms with Crippen LogP contribution in [-0.2, 0) is 6.54 Å². The highest BCUT2D eigenvalue weighted by Gasteiger charge is 2.01. The molecule has 0 aliphatic rings. The summed E-state index contributed by atoms with van der Waals surface area (Å²) < 4.78 is 0. The van der Waals surface area contributed by atoms with E-state index in [9.17, 15) is 0 Å². The highest BCUT2D eigenvalue weighted by molar-refractivity contribution is 5.58. The SMILES string of the molecule is Cc1ccc(NCCCNCc2cccnc2)c(C#N)c1. The molecule has 0 saturated carbocycles. The number of nitrogens with one attached hydrogen (secondary N) is 2. The van der Waals surface area contributed by atoms with E-state index in [0.29, 0.717) is 5.56 Å². The molecule has 2 aromatic rings. The summed E-state index contributed by atoms with van der Waals surface area (Å²) in [7, 11) is 0. The molecular weight excluding hydrogens is 260 g/mol. The maximum atomic E-state index is 9.10. The number of pyridine rings is 1. The summed E-state index contributed by atoms with van der Waals surface area (Å²) >= 11 is 0. The number of aryl methyl sites for hydroxylation is 1. The summed E-state index contributed by atoms with van der Waals surface area (Å²) in [5.41, 5.74) is 3.92. The predicted molar refractivity (Wildman–Crippen MR) is 84.9 cm³/mol. The van der Waals surface area contributed by atoms with Crippen LogP contribution in [0.5, 0.6) is 0 Å². The molecule has 0 unspecified atom stereocenters. The number of benzene rings is 1. The molecule has 4 heteroatoms. The van der Waals surface area contributed by atoms with Crippen LogP contribution >= 0.6 is 0 Å². The number of aromatic nitrogens is 1. The van der Waals surface area contributed by atoms with Gasteiger partial charge in [-0.1, -0.05) is 12.1 Å². The van der Waals surface area contributed by atoms with Gasteiger partial charge in [-0.2, -0.15) is 5.26 Å². The lowest BCUT2D eigenvalue weighted by Crippen LogP contribution is -2.17. The third-order valence-corrected chi connectivity index (χ3v) is 3.19. The van der Waals surface area contributed by atoms with Gasteiger partial charge in [0.25, 0.3) is 0 Å². The van der Waals surface area contributed by atoms with Crippen molar-refractivity contribution in [3.63, 3.8) is 0 Å². The van der Waals surface area contributed by atoms with Gasteiger partial charge in [0.05, 0.1) is 11.3 Å². The number of rotatable bonds is 7. The lowest BCUT2D eigenvalue weighted by atomic mass is 10.1. The quantitative estimate of drug-likeness (QED) is 0.766. The summed E-state index contributed by atoms with van der Waals surface area (Å²) in [6.45, 7) is 4.60. The molecule has 2 rings (SSSR count). The third kappa shape index (κ3) is 4.90. The Morgan fingerprint density at radius 3 is 2.90 bits per heavy atom. The highest BCUT2D eigenvalue weighted by atomic mass is 14.9. The molecule has 1 aromatic heterocycles. The fraction of sp³-hybridized carbons (Fsp3) is 0.294. The molecule has 0 fully saturated rings. The van der Waals surface area contributed by atoms with Crippen molar-refractivity contribution in [1.82, 2.24) is 10.3 Å². The van der Waals surface area contributed by atoms with Gasteiger partial charge in [0.2, 0.25) is 0 Å². The van der Waals surface area contributed by atoms with Crippen molar-refractivity contribution in [3.8, 4) is 6.07 Å². The van der Waals surface area contributed by atoms with Crippen molar-refractivity contribution in [1.29, 1.82) is 5.26 Å². The molecule has 0 bridgehead atoms. The van der Waals surface area contributed by atoms with E-state index in [2.05, 4.69) is 27.8 Å². The molecular formula is C17H20N4. The molecule has 0 aliphatic carbocycles. The number of hydrogen-bond acceptors (Lipinski definition) is 4. The number of nitrogens with zero attached hydrogens (tertiary/aromatic N) is 2. The number of hydrogen-bond donors (Lipinski definition) is 2. The largest absolute Gasteiger partial charge is 0.384 e. The van der Waals surface area contributed by atoms with Gasteiger partial charge in [-0.3, -0.25) is 4.98 Å². The Hall–Kier alpha value is -2.38. The number of anilines is 1. The van der Waals surface area contributed by atoms with Gasteiger partial charge in [0.1, 0.15) is 6.07 Å². The Labute approximate surface area is 125 Å². The minimum atomic E-state index is 0.707. The minimum absolute atomic E-state index is 0.707. The van der Waals surface area contributed by atoms with E-state index >= 15 is 0 Å². The summed E-state index contributed by atoms with van der Waals surface area (Å²) in [5.74, 6) is 0. The number of nitriles is 1. The second kappa shape index (κ2) is 8.03. The molecule has 0 spiro atoms. The fourth-order valence-electron chi connectivity index (χ4n) is 2.08. The van der Waals surface area contributed by atoms with Gasteiger partial charge in [-0.05, 0) is 49.2 Å². The maximum Gasteiger partial charge on any atom is 0.101 e. The molecule has 0 radical (unpaired) electrons. The van der Waals surface area contributed by atoms with E-state index in [0.717, 1.165) is 37.3 Å². The molecule has 2 N–H and O–H groups in total. The lowest BCUT2D eigenvalue weighted by Gasteiger charge is -2.09. The zero-order chi connectivity index (χ0) is 14.9. The zero-order valence-corrected chi connectivity index (χ0v) is 12.3. The Balaban J connectivity index is 1.67. The highest BCUT2D eigenvalue weighted by Crippen LogP contribution is 2.15. The van der Waals surface area contributed by atoms with Crippen LogP contribution in [0.2, 0.25) is 0 Å². The van der Waals surface area contributed by atoms with Gasteiger partial charge in [-0.25, -0.2) is 0 Å². The van der Waals surface area contributed by atoms with Crippen LogP contribution in [0.25, 0.3) is 0 Å². The van der Waals surface area contributed by atoms with Crippen molar-refractivity contribution >= 4 is 5.69 Å². The third-order valence-electron chi connectivity index (χ3n) is 3.19. The van der Waals surface area contributed by atoms with Crippen molar-refractivity contribution < 1.29 is 0 Å². The predicted octanol–water partition coefficient (Wildman–Crippen LogP) is 2.85. The average molecular weight is 280 g/mol. The maximum absolute atomic E-state index is 9.10. The Bertz CT molecular complexity index is 602. The van der Waals surface area contributed by atoms with E-state index in [1.165, 1.54) is 5.56 Å². The van der Waals surface area contributed by atoms with Crippen molar-refractivity contribution in [2.24, 2.45) is 0 Å². The second-order valence-corrected chi connectivity index (χ2v) is 4.98. The van der Waals surface area contributed by atoms with Crippen LogP contribution in [0.15, 0.2) is 42.7 Å². The average Bonchev–Trinajstić information content (AvgIpc) is 2.52. The lowest BCUT2D eigenvalue weighted by molar-refractivity contribution is 0.662. The Kier molecular flexibility index (Phi) is 5.74. The molecule has 0 amide bonds.